The summed E-state index contributed by atoms with van der Waals surface area (Å²) in [6.07, 6.45) is 2.11. The van der Waals surface area contributed by atoms with Gasteiger partial charge in [0.2, 0.25) is 0 Å². The molecule has 3 nitrogen and oxygen atoms in total. The normalized spacial score (nSPS) is 26.8. The maximum atomic E-state index is 11.0. The number of likely N-dealkylation sites (tertiary alicyclic amines) is 1. The summed E-state index contributed by atoms with van der Waals surface area (Å²) in [6.45, 7) is 1.03. The lowest BCUT2D eigenvalue weighted by Gasteiger charge is -2.15. The van der Waals surface area contributed by atoms with Gasteiger partial charge in [-0.25, -0.2) is 0 Å². The predicted octanol–water partition coefficient (Wildman–Crippen LogP) is -0.159. The molecule has 0 unspecified atom stereocenters. The summed E-state index contributed by atoms with van der Waals surface area (Å²) in [5, 5.41) is 3.64. The van der Waals surface area contributed by atoms with E-state index in [0.717, 1.165) is 19.4 Å². The molecule has 0 aromatic rings. The molecule has 10 heavy (non-hydrogen) atoms. The van der Waals surface area contributed by atoms with E-state index in [-0.39, 0.29) is 11.9 Å². The van der Waals surface area contributed by atoms with E-state index in [9.17, 15) is 4.79 Å². The van der Waals surface area contributed by atoms with E-state index in [1.165, 1.54) is 0 Å². The van der Waals surface area contributed by atoms with Gasteiger partial charge in [0.15, 0.2) is 0 Å². The monoisotopic (exact) mass is 141 g/mol. The summed E-state index contributed by atoms with van der Waals surface area (Å²) in [5.41, 5.74) is 0. The Labute approximate surface area is 61.4 Å². The average Bonchev–Trinajstić information content (AvgIpc) is 2.34. The molecule has 1 atom stereocenters. The number of carbonyl (C=O) groups excluding carboxylic acids is 1. The largest absolute Gasteiger partial charge is 0.295 e. The molecule has 3 heteroatoms. The summed E-state index contributed by atoms with van der Waals surface area (Å²) >= 11 is 0. The number of rotatable bonds is 1. The van der Waals surface area contributed by atoms with Gasteiger partial charge in [-0.05, 0) is 26.4 Å². The minimum absolute atomic E-state index is 0.0278. The van der Waals surface area contributed by atoms with Gasteiger partial charge in [0.05, 0.1) is 6.04 Å². The maximum absolute atomic E-state index is 11.0. The van der Waals surface area contributed by atoms with Crippen molar-refractivity contribution in [1.82, 2.24) is 10.2 Å². The van der Waals surface area contributed by atoms with Crippen LogP contribution in [0.5, 0.6) is 0 Å². The van der Waals surface area contributed by atoms with Gasteiger partial charge in [-0.15, -0.1) is 0 Å². The summed E-state index contributed by atoms with van der Waals surface area (Å²) in [4.78, 5) is 13.1. The van der Waals surface area contributed by atoms with Crippen LogP contribution in [0.3, 0.4) is 0 Å². The Bertz CT molecular complexity index is 136. The Morgan fingerprint density at radius 1 is 1.70 bits per heavy atom. The Morgan fingerprint density at radius 2 is 2.40 bits per heavy atom. The Morgan fingerprint density at radius 3 is 2.80 bits per heavy atom. The highest BCUT2D eigenvalue weighted by molar-refractivity contribution is 5.81. The molecule has 1 rings (SSSR count). The van der Waals surface area contributed by atoms with Crippen LogP contribution in [0.25, 0.3) is 0 Å². The molecule has 0 N–H and O–H groups in total. The Balaban J connectivity index is 2.46. The van der Waals surface area contributed by atoms with Crippen molar-refractivity contribution in [2.45, 2.75) is 18.9 Å². The number of likely N-dealkylation sites (N-methyl/N-ethyl adjacent to an activating group) is 2. The molecular weight excluding hydrogens is 128 g/mol. The molecule has 1 heterocycles. The van der Waals surface area contributed by atoms with Crippen LogP contribution in [0.4, 0.5) is 0 Å². The standard InChI is InChI=1S/C7H13N2O/c1-8-7(10)6-4-3-5-9(6)2/h6H,3-5H2,1-2H3/t6-/m0/s1. The second kappa shape index (κ2) is 3.01. The van der Waals surface area contributed by atoms with Crippen molar-refractivity contribution >= 4 is 5.91 Å². The first-order chi connectivity index (χ1) is 4.75. The highest BCUT2D eigenvalue weighted by atomic mass is 16.2. The molecule has 1 amide bonds. The molecule has 1 radical (unpaired) electrons. The zero-order valence-electron chi connectivity index (χ0n) is 6.50. The first-order valence-electron chi connectivity index (χ1n) is 3.59. The van der Waals surface area contributed by atoms with Crippen LogP contribution in [-0.4, -0.2) is 37.5 Å². The van der Waals surface area contributed by atoms with Crippen LogP contribution in [0.1, 0.15) is 12.8 Å². The SMILES string of the molecule is C[N]C(=O)[C@@H]1CCCN1C. The fourth-order valence-corrected chi connectivity index (χ4v) is 1.37. The van der Waals surface area contributed by atoms with Crippen molar-refractivity contribution in [2.24, 2.45) is 0 Å². The van der Waals surface area contributed by atoms with Crippen molar-refractivity contribution < 1.29 is 4.79 Å². The molecule has 0 bridgehead atoms. The topological polar surface area (TPSA) is 34.4 Å². The minimum atomic E-state index is 0.0278. The summed E-state index contributed by atoms with van der Waals surface area (Å²) in [5.74, 6) is 0.0278. The van der Waals surface area contributed by atoms with Crippen molar-refractivity contribution in [1.29, 1.82) is 0 Å². The van der Waals surface area contributed by atoms with Crippen molar-refractivity contribution in [2.75, 3.05) is 20.6 Å². The van der Waals surface area contributed by atoms with Crippen LogP contribution in [0.2, 0.25) is 0 Å². The predicted molar refractivity (Wildman–Crippen MR) is 38.7 cm³/mol. The first kappa shape index (κ1) is 7.54. The number of amides is 1. The van der Waals surface area contributed by atoms with Crippen LogP contribution < -0.4 is 5.32 Å². The molecule has 0 saturated carbocycles. The third-order valence-electron chi connectivity index (χ3n) is 2.03. The Kier molecular flexibility index (Phi) is 2.27. The summed E-state index contributed by atoms with van der Waals surface area (Å²) in [7, 11) is 3.54. The van der Waals surface area contributed by atoms with E-state index in [4.69, 9.17) is 0 Å². The molecule has 0 aromatic carbocycles. The van der Waals surface area contributed by atoms with E-state index in [1.54, 1.807) is 7.05 Å². The third-order valence-corrected chi connectivity index (χ3v) is 2.03. The van der Waals surface area contributed by atoms with E-state index in [2.05, 4.69) is 10.2 Å². The molecular formula is C7H13N2O. The number of carbonyl (C=O) groups is 1. The number of hydrogen-bond acceptors (Lipinski definition) is 2. The van der Waals surface area contributed by atoms with Gasteiger partial charge in [-0.3, -0.25) is 15.0 Å². The lowest BCUT2D eigenvalue weighted by atomic mass is 10.2. The van der Waals surface area contributed by atoms with Crippen LogP contribution in [0.15, 0.2) is 0 Å². The van der Waals surface area contributed by atoms with Crippen molar-refractivity contribution in [3.8, 4) is 0 Å². The van der Waals surface area contributed by atoms with Crippen LogP contribution in [0, 0.1) is 0 Å². The fourth-order valence-electron chi connectivity index (χ4n) is 1.37. The average molecular weight is 141 g/mol. The highest BCUT2D eigenvalue weighted by Gasteiger charge is 2.27. The third kappa shape index (κ3) is 1.29. The zero-order chi connectivity index (χ0) is 7.56. The molecule has 1 fully saturated rings. The molecule has 1 aliphatic heterocycles. The van der Waals surface area contributed by atoms with Gasteiger partial charge in [0.1, 0.15) is 0 Å². The van der Waals surface area contributed by atoms with Gasteiger partial charge in [0.25, 0.3) is 5.91 Å². The molecule has 1 saturated heterocycles. The van der Waals surface area contributed by atoms with Gasteiger partial charge >= 0.3 is 0 Å². The quantitative estimate of drug-likeness (QED) is 0.508. The maximum Gasteiger partial charge on any atom is 0.258 e. The fraction of sp³-hybridized carbons (Fsp3) is 0.857. The highest BCUT2D eigenvalue weighted by Crippen LogP contribution is 2.14. The summed E-state index contributed by atoms with van der Waals surface area (Å²) in [6, 6.07) is 0.0741. The molecule has 1 aliphatic rings. The molecule has 0 aromatic heterocycles. The molecule has 0 aliphatic carbocycles. The van der Waals surface area contributed by atoms with Crippen molar-refractivity contribution in [3.05, 3.63) is 0 Å². The van der Waals surface area contributed by atoms with Crippen LogP contribution >= 0.6 is 0 Å². The second-order valence-electron chi connectivity index (χ2n) is 2.70. The Hall–Kier alpha value is -0.570. The minimum Gasteiger partial charge on any atom is -0.295 e. The second-order valence-corrected chi connectivity index (χ2v) is 2.70. The van der Waals surface area contributed by atoms with Gasteiger partial charge < -0.3 is 0 Å². The van der Waals surface area contributed by atoms with E-state index in [1.807, 2.05) is 7.05 Å². The molecule has 0 spiro atoms. The lowest BCUT2D eigenvalue weighted by molar-refractivity contribution is -0.124. The van der Waals surface area contributed by atoms with Gasteiger partial charge in [0, 0.05) is 7.05 Å². The van der Waals surface area contributed by atoms with E-state index in [0.29, 0.717) is 0 Å². The molecule has 57 valence electrons. The number of nitrogens with zero attached hydrogens (tertiary/aromatic N) is 2. The van der Waals surface area contributed by atoms with Gasteiger partial charge in [-0.1, -0.05) is 0 Å². The first-order valence-corrected chi connectivity index (χ1v) is 3.59. The zero-order valence-corrected chi connectivity index (χ0v) is 6.50. The van der Waals surface area contributed by atoms with Crippen LogP contribution in [-0.2, 0) is 4.79 Å². The van der Waals surface area contributed by atoms with Gasteiger partial charge in [-0.2, -0.15) is 0 Å². The smallest absolute Gasteiger partial charge is 0.258 e. The van der Waals surface area contributed by atoms with Crippen molar-refractivity contribution in [3.63, 3.8) is 0 Å². The van der Waals surface area contributed by atoms with E-state index >= 15 is 0 Å². The van der Waals surface area contributed by atoms with E-state index < -0.39 is 0 Å². The number of hydrogen-bond donors (Lipinski definition) is 0. The summed E-state index contributed by atoms with van der Waals surface area (Å²) < 4.78 is 0. The lowest BCUT2D eigenvalue weighted by Crippen LogP contribution is -2.36.